The maximum Gasteiger partial charge on any atom is 0.243 e. The summed E-state index contributed by atoms with van der Waals surface area (Å²) in [6, 6.07) is 11.6. The minimum absolute atomic E-state index is 0.0664. The molecule has 0 atom stereocenters. The molecule has 8 heteroatoms. The molecular weight excluding hydrogens is 398 g/mol. The van der Waals surface area contributed by atoms with Crippen molar-refractivity contribution in [3.8, 4) is 0 Å². The molecule has 0 aromatic heterocycles. The Morgan fingerprint density at radius 1 is 1.07 bits per heavy atom. The molecule has 2 aromatic rings. The van der Waals surface area contributed by atoms with Crippen molar-refractivity contribution in [2.24, 2.45) is 0 Å². The fourth-order valence-electron chi connectivity index (χ4n) is 3.19. The molecule has 3 rings (SSSR count). The highest BCUT2D eigenvalue weighted by atomic mass is 35.5. The van der Waals surface area contributed by atoms with Gasteiger partial charge >= 0.3 is 0 Å². The first-order valence-corrected chi connectivity index (χ1v) is 10.9. The van der Waals surface area contributed by atoms with Gasteiger partial charge in [-0.1, -0.05) is 23.7 Å². The fraction of sp³-hybridized carbons (Fsp3) is 0.350. The predicted molar refractivity (Wildman–Crippen MR) is 111 cm³/mol. The molecule has 150 valence electrons. The number of benzene rings is 2. The van der Waals surface area contributed by atoms with Crippen LogP contribution in [0.5, 0.6) is 0 Å². The molecule has 1 saturated heterocycles. The van der Waals surface area contributed by atoms with Crippen LogP contribution in [0.15, 0.2) is 47.4 Å². The summed E-state index contributed by atoms with van der Waals surface area (Å²) in [6.45, 7) is 2.45. The molecule has 0 unspecified atom stereocenters. The van der Waals surface area contributed by atoms with Gasteiger partial charge in [0.1, 0.15) is 0 Å². The summed E-state index contributed by atoms with van der Waals surface area (Å²) in [6.07, 6.45) is 0.798. The van der Waals surface area contributed by atoms with Crippen LogP contribution in [0.25, 0.3) is 0 Å². The number of carbonyl (C=O) groups excluding carboxylic acids is 1. The average Bonchev–Trinajstić information content (AvgIpc) is 2.67. The Balaban J connectivity index is 1.63. The monoisotopic (exact) mass is 421 g/mol. The number of aryl methyl sites for hydroxylation is 1. The number of nitrogens with two attached hydrogens (primary N) is 1. The lowest BCUT2D eigenvalue weighted by Crippen LogP contribution is -2.46. The quantitative estimate of drug-likeness (QED) is 0.572. The third-order valence-corrected chi connectivity index (χ3v) is 7.13. The fourth-order valence-corrected chi connectivity index (χ4v) is 4.79. The smallest absolute Gasteiger partial charge is 0.243 e. The Labute approximate surface area is 170 Å². The van der Waals surface area contributed by atoms with Crippen molar-refractivity contribution in [2.75, 3.05) is 39.0 Å². The number of carbonyl (C=O) groups is 1. The summed E-state index contributed by atoms with van der Waals surface area (Å²) in [4.78, 5) is 14.8. The first-order chi connectivity index (χ1) is 13.3. The second kappa shape index (κ2) is 8.61. The van der Waals surface area contributed by atoms with E-state index in [1.807, 2.05) is 7.05 Å². The van der Waals surface area contributed by atoms with Gasteiger partial charge in [-0.25, -0.2) is 8.42 Å². The van der Waals surface area contributed by atoms with Crippen molar-refractivity contribution in [3.63, 3.8) is 0 Å². The van der Waals surface area contributed by atoms with Gasteiger partial charge in [-0.05, 0) is 49.4 Å². The van der Waals surface area contributed by atoms with Crippen LogP contribution in [0, 0.1) is 0 Å². The van der Waals surface area contributed by atoms with E-state index in [0.29, 0.717) is 35.8 Å². The number of nitrogens with zero attached hydrogens (tertiary/aromatic N) is 2. The van der Waals surface area contributed by atoms with E-state index in [0.717, 1.165) is 18.7 Å². The molecule has 0 bridgehead atoms. The van der Waals surface area contributed by atoms with Gasteiger partial charge < -0.3 is 10.6 Å². The number of hydrogen-bond donors (Lipinski definition) is 1. The maximum absolute atomic E-state index is 12.7. The molecule has 1 aliphatic rings. The normalized spacial score (nSPS) is 16.2. The number of rotatable bonds is 6. The zero-order chi connectivity index (χ0) is 20.3. The first-order valence-electron chi connectivity index (χ1n) is 9.13. The van der Waals surface area contributed by atoms with E-state index in [1.54, 1.807) is 42.5 Å². The van der Waals surface area contributed by atoms with Crippen molar-refractivity contribution in [1.29, 1.82) is 0 Å². The van der Waals surface area contributed by atoms with Gasteiger partial charge in [0.05, 0.1) is 4.90 Å². The van der Waals surface area contributed by atoms with Crippen molar-refractivity contribution >= 4 is 33.1 Å². The Hall–Kier alpha value is -1.93. The lowest BCUT2D eigenvalue weighted by Gasteiger charge is -2.31. The summed E-state index contributed by atoms with van der Waals surface area (Å²) in [7, 11) is -1.49. The highest BCUT2D eigenvalue weighted by Crippen LogP contribution is 2.21. The minimum Gasteiger partial charge on any atom is -0.398 e. The van der Waals surface area contributed by atoms with Crippen molar-refractivity contribution in [3.05, 3.63) is 58.6 Å². The van der Waals surface area contributed by atoms with Crippen molar-refractivity contribution in [1.82, 2.24) is 9.21 Å². The van der Waals surface area contributed by atoms with Crippen molar-refractivity contribution < 1.29 is 13.2 Å². The number of hydrogen-bond acceptors (Lipinski definition) is 5. The highest BCUT2D eigenvalue weighted by Gasteiger charge is 2.27. The molecule has 0 saturated carbocycles. The van der Waals surface area contributed by atoms with Gasteiger partial charge in [0, 0.05) is 48.9 Å². The molecule has 1 aliphatic heterocycles. The summed E-state index contributed by atoms with van der Waals surface area (Å²) in [5, 5.41) is 0.492. The standard InChI is InChI=1S/C20H24ClN3O3S/c1-23-10-12-24(13-11-23)28(26,27)17-6-2-15(3-7-17)4-9-20(25)18-8-5-16(21)14-19(18)22/h2-3,5-8,14H,4,9-13,22H2,1H3. The molecule has 28 heavy (non-hydrogen) atoms. The van der Waals surface area contributed by atoms with Crippen LogP contribution >= 0.6 is 11.6 Å². The zero-order valence-corrected chi connectivity index (χ0v) is 17.3. The highest BCUT2D eigenvalue weighted by molar-refractivity contribution is 7.89. The minimum atomic E-state index is -3.48. The van der Waals surface area contributed by atoms with Gasteiger partial charge in [0.2, 0.25) is 10.0 Å². The van der Waals surface area contributed by atoms with Gasteiger partial charge in [-0.3, -0.25) is 4.79 Å². The molecule has 1 heterocycles. The van der Waals surface area contributed by atoms with Crippen LogP contribution in [-0.4, -0.2) is 56.6 Å². The van der Waals surface area contributed by atoms with Gasteiger partial charge in [-0.2, -0.15) is 4.31 Å². The average molecular weight is 422 g/mol. The number of piperazine rings is 1. The molecule has 0 amide bonds. The summed E-state index contributed by atoms with van der Waals surface area (Å²) >= 11 is 5.86. The molecule has 6 nitrogen and oxygen atoms in total. The van der Waals surface area contributed by atoms with Crippen LogP contribution in [0.4, 0.5) is 5.69 Å². The first kappa shape index (κ1) is 20.8. The largest absolute Gasteiger partial charge is 0.398 e. The molecule has 0 spiro atoms. The molecule has 2 N–H and O–H groups in total. The van der Waals surface area contributed by atoms with Gasteiger partial charge in [0.15, 0.2) is 5.78 Å². The van der Waals surface area contributed by atoms with E-state index in [-0.39, 0.29) is 17.1 Å². The second-order valence-electron chi connectivity index (χ2n) is 7.01. The van der Waals surface area contributed by atoms with E-state index < -0.39 is 10.0 Å². The lowest BCUT2D eigenvalue weighted by atomic mass is 10.0. The lowest BCUT2D eigenvalue weighted by molar-refractivity contribution is 0.0983. The molecule has 2 aromatic carbocycles. The Kier molecular flexibility index (Phi) is 6.40. The van der Waals surface area contributed by atoms with E-state index >= 15 is 0 Å². The third kappa shape index (κ3) is 4.72. The summed E-state index contributed by atoms with van der Waals surface area (Å²) in [5.41, 5.74) is 7.58. The van der Waals surface area contributed by atoms with E-state index in [1.165, 1.54) is 4.31 Å². The molecule has 0 radical (unpaired) electrons. The molecule has 0 aliphatic carbocycles. The Morgan fingerprint density at radius 2 is 1.71 bits per heavy atom. The Bertz CT molecular complexity index is 953. The van der Waals surface area contributed by atoms with Crippen LogP contribution in [0.1, 0.15) is 22.3 Å². The Morgan fingerprint density at radius 3 is 2.32 bits per heavy atom. The van der Waals surface area contributed by atoms with E-state index in [2.05, 4.69) is 4.90 Å². The number of ketones is 1. The third-order valence-electron chi connectivity index (χ3n) is 4.98. The topological polar surface area (TPSA) is 83.7 Å². The van der Waals surface area contributed by atoms with E-state index in [4.69, 9.17) is 17.3 Å². The van der Waals surface area contributed by atoms with Gasteiger partial charge in [-0.15, -0.1) is 0 Å². The number of likely N-dealkylation sites (N-methyl/N-ethyl adjacent to an activating group) is 1. The van der Waals surface area contributed by atoms with Crippen LogP contribution in [-0.2, 0) is 16.4 Å². The number of nitrogen functional groups attached to an aromatic ring is 1. The zero-order valence-electron chi connectivity index (χ0n) is 15.8. The van der Waals surface area contributed by atoms with Crippen LogP contribution < -0.4 is 5.73 Å². The number of halogens is 1. The molecule has 1 fully saturated rings. The number of Topliss-reactive ketones (excluding diaryl/α,β-unsaturated/α-hetero) is 1. The molecular formula is C20H24ClN3O3S. The van der Waals surface area contributed by atoms with Crippen LogP contribution in [0.2, 0.25) is 5.02 Å². The van der Waals surface area contributed by atoms with E-state index in [9.17, 15) is 13.2 Å². The summed E-state index contributed by atoms with van der Waals surface area (Å²) < 4.78 is 27.0. The van der Waals surface area contributed by atoms with Crippen molar-refractivity contribution in [2.45, 2.75) is 17.7 Å². The predicted octanol–water partition coefficient (Wildman–Crippen LogP) is 2.67. The number of sulfonamides is 1. The summed E-state index contributed by atoms with van der Waals surface area (Å²) in [5.74, 6) is -0.0664. The second-order valence-corrected chi connectivity index (χ2v) is 9.38. The maximum atomic E-state index is 12.7. The van der Waals surface area contributed by atoms with Crippen LogP contribution in [0.3, 0.4) is 0 Å². The van der Waals surface area contributed by atoms with Gasteiger partial charge in [0.25, 0.3) is 0 Å². The number of anilines is 1. The SMILES string of the molecule is CN1CCN(S(=O)(=O)c2ccc(CCC(=O)c3ccc(Cl)cc3N)cc2)CC1.